The van der Waals surface area contributed by atoms with Crippen molar-refractivity contribution in [3.63, 3.8) is 0 Å². The minimum absolute atomic E-state index is 0.315. The summed E-state index contributed by atoms with van der Waals surface area (Å²) in [7, 11) is 0. The van der Waals surface area contributed by atoms with Crippen LogP contribution in [-0.4, -0.2) is 35.8 Å². The highest BCUT2D eigenvalue weighted by atomic mass is 19.4. The van der Waals surface area contributed by atoms with Crippen LogP contribution in [0.15, 0.2) is 6.33 Å². The van der Waals surface area contributed by atoms with Crippen molar-refractivity contribution in [3.05, 3.63) is 11.9 Å². The van der Waals surface area contributed by atoms with Crippen LogP contribution in [0.2, 0.25) is 0 Å². The van der Waals surface area contributed by atoms with Crippen LogP contribution in [0.5, 0.6) is 0 Å². The van der Waals surface area contributed by atoms with Crippen molar-refractivity contribution in [3.8, 4) is 0 Å². The van der Waals surface area contributed by atoms with Crippen LogP contribution in [0.4, 0.5) is 24.8 Å². The van der Waals surface area contributed by atoms with Gasteiger partial charge in [0.2, 0.25) is 0 Å². The zero-order valence-electron chi connectivity index (χ0n) is 12.1. The van der Waals surface area contributed by atoms with Gasteiger partial charge in [-0.1, -0.05) is 13.8 Å². The molecule has 0 atom stereocenters. The number of halogens is 3. The van der Waals surface area contributed by atoms with E-state index in [0.29, 0.717) is 37.6 Å². The molecule has 1 rings (SSSR count). The molecule has 0 fully saturated rings. The fraction of sp³-hybridized carbons (Fsp3) is 0.692. The number of anilines is 2. The Morgan fingerprint density at radius 3 is 2.40 bits per heavy atom. The molecule has 0 aliphatic rings. The average Bonchev–Trinajstić information content (AvgIpc) is 2.37. The summed E-state index contributed by atoms with van der Waals surface area (Å²) in [6.45, 7) is 5.64. The Hall–Kier alpha value is -1.53. The van der Waals surface area contributed by atoms with Gasteiger partial charge in [-0.15, -0.1) is 0 Å². The number of hydrogen-bond donors (Lipinski definition) is 1. The van der Waals surface area contributed by atoms with Gasteiger partial charge in [0, 0.05) is 18.7 Å². The Labute approximate surface area is 117 Å². The van der Waals surface area contributed by atoms with Crippen molar-refractivity contribution in [1.82, 2.24) is 9.97 Å². The highest BCUT2D eigenvalue weighted by molar-refractivity contribution is 5.58. The first kappa shape index (κ1) is 16.5. The second kappa shape index (κ2) is 7.31. The van der Waals surface area contributed by atoms with Crippen molar-refractivity contribution < 1.29 is 13.2 Å². The van der Waals surface area contributed by atoms with Crippen molar-refractivity contribution in [2.24, 2.45) is 0 Å². The quantitative estimate of drug-likeness (QED) is 0.837. The number of rotatable bonds is 7. The molecule has 4 nitrogen and oxygen atoms in total. The fourth-order valence-corrected chi connectivity index (χ4v) is 2.07. The predicted molar refractivity (Wildman–Crippen MR) is 74.1 cm³/mol. The lowest BCUT2D eigenvalue weighted by Crippen LogP contribution is -2.36. The van der Waals surface area contributed by atoms with Crippen LogP contribution in [0, 0.1) is 0 Å². The lowest BCUT2D eigenvalue weighted by Gasteiger charge is -2.27. The summed E-state index contributed by atoms with van der Waals surface area (Å²) in [5, 5.41) is 3.07. The van der Waals surface area contributed by atoms with Crippen LogP contribution in [0.1, 0.15) is 32.8 Å². The molecule has 20 heavy (non-hydrogen) atoms. The van der Waals surface area contributed by atoms with E-state index in [0.717, 1.165) is 5.56 Å². The largest absolute Gasteiger partial charge is 0.405 e. The molecule has 0 spiro atoms. The molecule has 0 saturated carbocycles. The minimum Gasteiger partial charge on any atom is -0.370 e. The first-order valence-electron chi connectivity index (χ1n) is 6.82. The van der Waals surface area contributed by atoms with Gasteiger partial charge in [0.1, 0.15) is 24.5 Å². The third-order valence-corrected chi connectivity index (χ3v) is 2.78. The topological polar surface area (TPSA) is 41.1 Å². The first-order valence-corrected chi connectivity index (χ1v) is 6.82. The number of hydrogen-bond acceptors (Lipinski definition) is 4. The van der Waals surface area contributed by atoms with Gasteiger partial charge in [0.05, 0.1) is 0 Å². The predicted octanol–water partition coefficient (Wildman–Crippen LogP) is 3.25. The summed E-state index contributed by atoms with van der Waals surface area (Å²) in [6, 6.07) is 0. The maximum Gasteiger partial charge on any atom is 0.405 e. The fourth-order valence-electron chi connectivity index (χ4n) is 2.07. The van der Waals surface area contributed by atoms with E-state index in [-0.39, 0.29) is 0 Å². The Morgan fingerprint density at radius 2 is 1.90 bits per heavy atom. The summed E-state index contributed by atoms with van der Waals surface area (Å²) in [5.41, 5.74) is 0.729. The van der Waals surface area contributed by atoms with E-state index in [1.54, 1.807) is 0 Å². The van der Waals surface area contributed by atoms with Gasteiger partial charge < -0.3 is 10.2 Å². The zero-order valence-corrected chi connectivity index (χ0v) is 12.1. The molecule has 1 N–H and O–H groups in total. The lowest BCUT2D eigenvalue weighted by molar-refractivity contribution is -0.119. The van der Waals surface area contributed by atoms with Gasteiger partial charge in [-0.05, 0) is 19.8 Å². The van der Waals surface area contributed by atoms with Crippen molar-refractivity contribution in [2.45, 2.75) is 39.8 Å². The summed E-state index contributed by atoms with van der Waals surface area (Å²) >= 11 is 0. The minimum atomic E-state index is -4.25. The normalized spacial score (nSPS) is 11.5. The smallest absolute Gasteiger partial charge is 0.370 e. The summed E-state index contributed by atoms with van der Waals surface area (Å²) < 4.78 is 38.1. The molecule has 1 aromatic heterocycles. The molecule has 1 aromatic rings. The molecular formula is C13H21F3N4. The molecular weight excluding hydrogens is 269 g/mol. The molecule has 7 heteroatoms. The van der Waals surface area contributed by atoms with E-state index in [1.807, 2.05) is 20.8 Å². The monoisotopic (exact) mass is 290 g/mol. The molecule has 1 heterocycles. The molecule has 114 valence electrons. The molecule has 0 aromatic carbocycles. The van der Waals surface area contributed by atoms with Crippen molar-refractivity contribution in [1.29, 1.82) is 0 Å². The Bertz CT molecular complexity index is 421. The van der Waals surface area contributed by atoms with Gasteiger partial charge in [-0.25, -0.2) is 9.97 Å². The first-order chi connectivity index (χ1) is 9.42. The average molecular weight is 290 g/mol. The van der Waals surface area contributed by atoms with Gasteiger partial charge >= 0.3 is 6.18 Å². The number of aromatic nitrogens is 2. The van der Waals surface area contributed by atoms with Crippen molar-refractivity contribution in [2.75, 3.05) is 29.9 Å². The van der Waals surface area contributed by atoms with E-state index in [1.165, 1.54) is 11.2 Å². The van der Waals surface area contributed by atoms with Crippen LogP contribution < -0.4 is 10.2 Å². The van der Waals surface area contributed by atoms with E-state index in [2.05, 4.69) is 15.3 Å². The summed E-state index contributed by atoms with van der Waals surface area (Å²) in [5.74, 6) is 0.987. The van der Waals surface area contributed by atoms with Gasteiger partial charge in [-0.2, -0.15) is 13.2 Å². The molecule has 0 radical (unpaired) electrons. The second-order valence-corrected chi connectivity index (χ2v) is 4.45. The molecule has 0 amide bonds. The number of nitrogens with zero attached hydrogens (tertiary/aromatic N) is 3. The van der Waals surface area contributed by atoms with Crippen LogP contribution in [0.25, 0.3) is 0 Å². The molecule has 0 aliphatic heterocycles. The maximum atomic E-state index is 12.7. The van der Waals surface area contributed by atoms with Crippen molar-refractivity contribution >= 4 is 11.6 Å². The number of alkyl halides is 3. The number of nitrogens with one attached hydrogen (secondary N) is 1. The maximum absolute atomic E-state index is 12.7. The summed E-state index contributed by atoms with van der Waals surface area (Å²) in [6.07, 6.45) is -1.73. The standard InChI is InChI=1S/C13H21F3N4/c1-4-7-20(8-13(14,15)16)12-10(5-2)11(17-6-3)18-9-19-12/h9H,4-8H2,1-3H3,(H,17,18,19). The third-order valence-electron chi connectivity index (χ3n) is 2.78. The second-order valence-electron chi connectivity index (χ2n) is 4.45. The summed E-state index contributed by atoms with van der Waals surface area (Å²) in [4.78, 5) is 9.46. The molecule has 0 saturated heterocycles. The Balaban J connectivity index is 3.14. The third kappa shape index (κ3) is 4.54. The van der Waals surface area contributed by atoms with Crippen LogP contribution in [-0.2, 0) is 6.42 Å². The van der Waals surface area contributed by atoms with E-state index in [4.69, 9.17) is 0 Å². The van der Waals surface area contributed by atoms with Gasteiger partial charge in [0.25, 0.3) is 0 Å². The van der Waals surface area contributed by atoms with E-state index < -0.39 is 12.7 Å². The lowest BCUT2D eigenvalue weighted by atomic mass is 10.2. The molecule has 0 bridgehead atoms. The zero-order chi connectivity index (χ0) is 15.2. The SMILES string of the molecule is CCCN(CC(F)(F)F)c1ncnc(NCC)c1CC. The van der Waals surface area contributed by atoms with Crippen LogP contribution in [0.3, 0.4) is 0 Å². The van der Waals surface area contributed by atoms with Crippen LogP contribution >= 0.6 is 0 Å². The highest BCUT2D eigenvalue weighted by Crippen LogP contribution is 2.27. The van der Waals surface area contributed by atoms with E-state index in [9.17, 15) is 13.2 Å². The molecule has 0 aliphatic carbocycles. The Kier molecular flexibility index (Phi) is 6.04. The Morgan fingerprint density at radius 1 is 1.20 bits per heavy atom. The van der Waals surface area contributed by atoms with E-state index >= 15 is 0 Å². The van der Waals surface area contributed by atoms with Gasteiger partial charge in [0.15, 0.2) is 0 Å². The van der Waals surface area contributed by atoms with Gasteiger partial charge in [-0.3, -0.25) is 0 Å². The highest BCUT2D eigenvalue weighted by Gasteiger charge is 2.32. The molecule has 0 unspecified atom stereocenters.